The Hall–Kier alpha value is -1.73. The number of pyridine rings is 1. The number of aliphatic imine (C=N–C) groups is 1. The van der Waals surface area contributed by atoms with Crippen LogP contribution in [-0.4, -0.2) is 40.6 Å². The fourth-order valence-electron chi connectivity index (χ4n) is 3.89. The van der Waals surface area contributed by atoms with Crippen LogP contribution in [0.15, 0.2) is 46.0 Å². The Morgan fingerprint density at radius 1 is 1.25 bits per heavy atom. The first-order valence-electron chi connectivity index (χ1n) is 9.58. The first kappa shape index (κ1) is 19.6. The number of ether oxygens (including phenoxy) is 2. The smallest absolute Gasteiger partial charge is 0.161 e. The summed E-state index contributed by atoms with van der Waals surface area (Å²) in [5, 5.41) is 1.12. The molecule has 148 valence electrons. The molecule has 3 heterocycles. The van der Waals surface area contributed by atoms with Gasteiger partial charge in [-0.25, -0.2) is 0 Å². The minimum atomic E-state index is -0.0442. The highest BCUT2D eigenvalue weighted by atomic mass is 79.9. The second-order valence-corrected chi connectivity index (χ2v) is 8.64. The average Bonchev–Trinajstić information content (AvgIpc) is 3.29. The zero-order chi connectivity index (χ0) is 19.7. The van der Waals surface area contributed by atoms with Crippen LogP contribution in [0.5, 0.6) is 11.5 Å². The van der Waals surface area contributed by atoms with Crippen LogP contribution in [-0.2, 0) is 0 Å². The predicted octanol–water partition coefficient (Wildman–Crippen LogP) is 5.23. The van der Waals surface area contributed by atoms with Gasteiger partial charge in [-0.15, -0.1) is 0 Å². The number of halogens is 1. The lowest BCUT2D eigenvalue weighted by Gasteiger charge is -2.32. The summed E-state index contributed by atoms with van der Waals surface area (Å²) in [5.41, 5.74) is 2.14. The van der Waals surface area contributed by atoms with Crippen LogP contribution < -0.4 is 9.47 Å². The molecule has 0 aliphatic carbocycles. The molecule has 3 atom stereocenters. The van der Waals surface area contributed by atoms with Crippen molar-refractivity contribution in [2.75, 3.05) is 19.5 Å². The maximum Gasteiger partial charge on any atom is 0.161 e. The van der Waals surface area contributed by atoms with Crippen LogP contribution in [0.25, 0.3) is 0 Å². The Morgan fingerprint density at radius 2 is 2.11 bits per heavy atom. The van der Waals surface area contributed by atoms with Crippen LogP contribution >= 0.6 is 27.7 Å². The van der Waals surface area contributed by atoms with Gasteiger partial charge in [-0.3, -0.25) is 9.98 Å². The third-order valence-corrected chi connectivity index (χ3v) is 7.04. The summed E-state index contributed by atoms with van der Waals surface area (Å²) in [7, 11) is 1.67. The van der Waals surface area contributed by atoms with Crippen molar-refractivity contribution in [2.24, 2.45) is 4.99 Å². The number of benzene rings is 1. The van der Waals surface area contributed by atoms with E-state index in [2.05, 4.69) is 44.9 Å². The van der Waals surface area contributed by atoms with E-state index in [9.17, 15) is 0 Å². The molecule has 4 rings (SSSR count). The van der Waals surface area contributed by atoms with Gasteiger partial charge in [0.15, 0.2) is 16.7 Å². The van der Waals surface area contributed by atoms with Crippen molar-refractivity contribution in [1.82, 2.24) is 9.88 Å². The molecule has 1 aromatic carbocycles. The Kier molecular flexibility index (Phi) is 5.83. The molecule has 2 aromatic rings. The number of hydrogen-bond donors (Lipinski definition) is 0. The molecule has 1 aromatic heterocycles. The van der Waals surface area contributed by atoms with Crippen molar-refractivity contribution in [3.05, 3.63) is 52.3 Å². The van der Waals surface area contributed by atoms with E-state index in [1.165, 1.54) is 0 Å². The zero-order valence-corrected chi connectivity index (χ0v) is 18.7. The van der Waals surface area contributed by atoms with Crippen LogP contribution in [0, 0.1) is 0 Å². The number of aromatic nitrogens is 1. The topological polar surface area (TPSA) is 47.0 Å². The largest absolute Gasteiger partial charge is 0.493 e. The van der Waals surface area contributed by atoms with Gasteiger partial charge in [0.25, 0.3) is 0 Å². The summed E-state index contributed by atoms with van der Waals surface area (Å²) in [6.45, 7) is 4.82. The standard InChI is InChI=1S/C21H24BrN3O2S/c1-4-13-12-28-21-24-19(16-8-6-7-9-23-16)20(25(13)21)14-10-18(27-5-2)17(26-3)11-15(14)22/h6-11,13,19-20H,4-5,12H2,1-3H3/t13-,19+,20-/m1/s1. The van der Waals surface area contributed by atoms with Crippen LogP contribution in [0.3, 0.4) is 0 Å². The molecule has 0 saturated carbocycles. The molecule has 7 heteroatoms. The van der Waals surface area contributed by atoms with E-state index >= 15 is 0 Å². The first-order chi connectivity index (χ1) is 13.7. The third kappa shape index (κ3) is 3.39. The summed E-state index contributed by atoms with van der Waals surface area (Å²) < 4.78 is 12.4. The van der Waals surface area contributed by atoms with E-state index in [-0.39, 0.29) is 12.1 Å². The number of fused-ring (bicyclic) bond motifs is 1. The second kappa shape index (κ2) is 8.33. The van der Waals surface area contributed by atoms with Gasteiger partial charge in [-0.05, 0) is 43.2 Å². The van der Waals surface area contributed by atoms with Crippen molar-refractivity contribution in [3.63, 3.8) is 0 Å². The molecule has 28 heavy (non-hydrogen) atoms. The highest BCUT2D eigenvalue weighted by Gasteiger charge is 2.46. The number of hydrogen-bond acceptors (Lipinski definition) is 6. The number of rotatable bonds is 6. The van der Waals surface area contributed by atoms with E-state index < -0.39 is 0 Å². The summed E-state index contributed by atoms with van der Waals surface area (Å²) in [6.07, 6.45) is 2.93. The van der Waals surface area contributed by atoms with E-state index in [1.54, 1.807) is 7.11 Å². The van der Waals surface area contributed by atoms with Gasteiger partial charge in [0.05, 0.1) is 25.5 Å². The van der Waals surface area contributed by atoms with Gasteiger partial charge >= 0.3 is 0 Å². The second-order valence-electron chi connectivity index (χ2n) is 6.79. The minimum Gasteiger partial charge on any atom is -0.493 e. The Bertz CT molecular complexity index is 877. The SMILES string of the molecule is CCOc1cc([C@@H]2[C@H](c3ccccn3)N=C3SC[C@@H](CC)N32)c(Br)cc1OC. The fraction of sp³-hybridized carbons (Fsp3) is 0.429. The first-order valence-corrected chi connectivity index (χ1v) is 11.4. The van der Waals surface area contributed by atoms with Crippen molar-refractivity contribution < 1.29 is 9.47 Å². The molecule has 1 saturated heterocycles. The summed E-state index contributed by atoms with van der Waals surface area (Å²) in [4.78, 5) is 12.2. The highest BCUT2D eigenvalue weighted by molar-refractivity contribution is 9.10. The van der Waals surface area contributed by atoms with Gasteiger partial charge < -0.3 is 14.4 Å². The molecule has 1 fully saturated rings. The molecule has 2 aliphatic heterocycles. The van der Waals surface area contributed by atoms with Crippen molar-refractivity contribution in [1.29, 1.82) is 0 Å². The van der Waals surface area contributed by atoms with Gasteiger partial charge in [0.1, 0.15) is 6.04 Å². The maximum absolute atomic E-state index is 5.87. The molecule has 0 unspecified atom stereocenters. The normalized spacial score (nSPS) is 23.5. The maximum atomic E-state index is 5.87. The van der Waals surface area contributed by atoms with Gasteiger partial charge in [0, 0.05) is 22.5 Å². The number of methoxy groups -OCH3 is 1. The molecule has 2 aliphatic rings. The van der Waals surface area contributed by atoms with Gasteiger partial charge in [-0.1, -0.05) is 40.7 Å². The zero-order valence-electron chi connectivity index (χ0n) is 16.3. The van der Waals surface area contributed by atoms with Gasteiger partial charge in [0.2, 0.25) is 0 Å². The summed E-state index contributed by atoms with van der Waals surface area (Å²) in [6, 6.07) is 10.6. The van der Waals surface area contributed by atoms with E-state index in [4.69, 9.17) is 14.5 Å². The van der Waals surface area contributed by atoms with E-state index in [0.717, 1.165) is 44.6 Å². The summed E-state index contributed by atoms with van der Waals surface area (Å²) in [5.74, 6) is 2.57. The monoisotopic (exact) mass is 461 g/mol. The quantitative estimate of drug-likeness (QED) is 0.588. The van der Waals surface area contributed by atoms with Crippen LogP contribution in [0.2, 0.25) is 0 Å². The fourth-order valence-corrected chi connectivity index (χ4v) is 5.79. The predicted molar refractivity (Wildman–Crippen MR) is 117 cm³/mol. The molecular formula is C21H24BrN3O2S. The Morgan fingerprint density at radius 3 is 2.79 bits per heavy atom. The Labute approximate surface area is 178 Å². The highest BCUT2D eigenvalue weighted by Crippen LogP contribution is 2.51. The summed E-state index contributed by atoms with van der Waals surface area (Å²) >= 11 is 5.63. The Balaban J connectivity index is 1.83. The van der Waals surface area contributed by atoms with Crippen LogP contribution in [0.4, 0.5) is 0 Å². The molecule has 0 amide bonds. The van der Waals surface area contributed by atoms with Crippen molar-refractivity contribution in [2.45, 2.75) is 38.4 Å². The third-order valence-electron chi connectivity index (χ3n) is 5.23. The minimum absolute atomic E-state index is 0.0442. The van der Waals surface area contributed by atoms with E-state index in [0.29, 0.717) is 12.6 Å². The molecule has 5 nitrogen and oxygen atoms in total. The van der Waals surface area contributed by atoms with Crippen LogP contribution in [0.1, 0.15) is 43.6 Å². The van der Waals surface area contributed by atoms with E-state index in [1.807, 2.05) is 43.1 Å². The molecule has 0 N–H and O–H groups in total. The average molecular weight is 462 g/mol. The molecule has 0 bridgehead atoms. The van der Waals surface area contributed by atoms with Gasteiger partial charge in [-0.2, -0.15) is 0 Å². The molecule has 0 radical (unpaired) electrons. The number of thioether (sulfide) groups is 1. The van der Waals surface area contributed by atoms with Crippen molar-refractivity contribution in [3.8, 4) is 11.5 Å². The molecular weight excluding hydrogens is 438 g/mol. The number of amidine groups is 1. The molecule has 0 spiro atoms. The number of nitrogens with zero attached hydrogens (tertiary/aromatic N) is 3. The lowest BCUT2D eigenvalue weighted by molar-refractivity contribution is 0.252. The van der Waals surface area contributed by atoms with Crippen molar-refractivity contribution >= 4 is 32.9 Å². The lowest BCUT2D eigenvalue weighted by atomic mass is 9.95. The lowest BCUT2D eigenvalue weighted by Crippen LogP contribution is -2.35.